The van der Waals surface area contributed by atoms with Crippen molar-refractivity contribution in [1.82, 2.24) is 0 Å². The van der Waals surface area contributed by atoms with E-state index in [1.165, 1.54) is 83.5 Å². The van der Waals surface area contributed by atoms with Gasteiger partial charge in [0.25, 0.3) is 0 Å². The molecule has 0 amide bonds. The molecule has 1 aliphatic rings. The van der Waals surface area contributed by atoms with Crippen molar-refractivity contribution in [3.05, 3.63) is 72.9 Å². The van der Waals surface area contributed by atoms with Crippen LogP contribution in [0.1, 0.15) is 194 Å². The fourth-order valence-electron chi connectivity index (χ4n) is 7.46. The highest BCUT2D eigenvalue weighted by atomic mass is 32.3. The monoisotopic (exact) mass is 953 g/mol. The number of ether oxygens (including phenoxy) is 4. The summed E-state index contributed by atoms with van der Waals surface area (Å²) in [6, 6.07) is 0. The molecule has 6 unspecified atom stereocenters. The summed E-state index contributed by atoms with van der Waals surface area (Å²) in [5.74, 6) is -0.420. The Morgan fingerprint density at radius 3 is 1.55 bits per heavy atom. The van der Waals surface area contributed by atoms with E-state index in [2.05, 4.69) is 90.9 Å². The summed E-state index contributed by atoms with van der Waals surface area (Å²) in [7, 11) is -5.07. The van der Waals surface area contributed by atoms with Gasteiger partial charge >= 0.3 is 16.4 Å². The SMILES string of the molecule is CC/C=C\C/C=C\C/C=C\C/C=C\C/C=C\CCCCCCCC(=O)OC(COCCCCCCCCCC/C=C\CCCCCCCC)COC1OC(CO)C(O)C(OS(=O)(=O)O)C1O. The van der Waals surface area contributed by atoms with Gasteiger partial charge in [0.15, 0.2) is 6.29 Å². The maximum absolute atomic E-state index is 12.9. The predicted octanol–water partition coefficient (Wildman–Crippen LogP) is 11.9. The number of unbranched alkanes of at least 4 members (excludes halogenated alkanes) is 19. The lowest BCUT2D eigenvalue weighted by atomic mass is 9.99. The molecule has 6 atom stereocenters. The fraction of sp³-hybridized carbons (Fsp3) is 0.755. The van der Waals surface area contributed by atoms with Gasteiger partial charge in [-0.1, -0.05) is 177 Å². The molecule has 0 aromatic heterocycles. The molecule has 13 heteroatoms. The molecule has 1 fully saturated rings. The van der Waals surface area contributed by atoms with E-state index in [-0.39, 0.29) is 19.6 Å². The first-order valence-corrected chi connectivity index (χ1v) is 27.1. The van der Waals surface area contributed by atoms with Crippen LogP contribution in [-0.2, 0) is 38.3 Å². The Bertz CT molecular complexity index is 1420. The number of carbonyl (C=O) groups is 1. The summed E-state index contributed by atoms with van der Waals surface area (Å²) in [6.45, 7) is 3.85. The Morgan fingerprint density at radius 1 is 0.591 bits per heavy atom. The van der Waals surface area contributed by atoms with Crippen molar-refractivity contribution in [2.45, 2.75) is 230 Å². The van der Waals surface area contributed by atoms with Crippen LogP contribution in [-0.4, -0.2) is 97.5 Å². The zero-order valence-electron chi connectivity index (χ0n) is 41.0. The molecule has 0 bridgehead atoms. The molecule has 1 saturated heterocycles. The first-order valence-electron chi connectivity index (χ1n) is 25.7. The van der Waals surface area contributed by atoms with E-state index in [9.17, 15) is 33.1 Å². The molecule has 66 heavy (non-hydrogen) atoms. The van der Waals surface area contributed by atoms with Crippen LogP contribution in [0.15, 0.2) is 72.9 Å². The summed E-state index contributed by atoms with van der Waals surface area (Å²) in [5.41, 5.74) is 0. The first kappa shape index (κ1) is 61.6. The second-order valence-electron chi connectivity index (χ2n) is 17.4. The zero-order valence-corrected chi connectivity index (χ0v) is 41.8. The smallest absolute Gasteiger partial charge is 0.397 e. The zero-order chi connectivity index (χ0) is 48.2. The van der Waals surface area contributed by atoms with E-state index in [1.54, 1.807) is 0 Å². The van der Waals surface area contributed by atoms with E-state index in [0.717, 1.165) is 83.5 Å². The van der Waals surface area contributed by atoms with Crippen molar-refractivity contribution < 1.29 is 56.2 Å². The number of esters is 1. The average molecular weight is 953 g/mol. The largest absolute Gasteiger partial charge is 0.457 e. The number of hydrogen-bond acceptors (Lipinski definition) is 11. The molecule has 382 valence electrons. The fourth-order valence-corrected chi connectivity index (χ4v) is 7.97. The molecule has 1 aliphatic heterocycles. The van der Waals surface area contributed by atoms with Gasteiger partial charge < -0.3 is 34.3 Å². The third-order valence-corrected chi connectivity index (χ3v) is 11.8. The Balaban J connectivity index is 2.39. The predicted molar refractivity (Wildman–Crippen MR) is 266 cm³/mol. The van der Waals surface area contributed by atoms with Crippen LogP contribution in [0.2, 0.25) is 0 Å². The second-order valence-corrected chi connectivity index (χ2v) is 18.4. The van der Waals surface area contributed by atoms with Gasteiger partial charge in [-0.3, -0.25) is 9.35 Å². The number of aliphatic hydroxyl groups is 3. The van der Waals surface area contributed by atoms with Crippen molar-refractivity contribution in [3.8, 4) is 0 Å². The topological polar surface area (TPSA) is 178 Å². The van der Waals surface area contributed by atoms with E-state index in [4.69, 9.17) is 18.9 Å². The summed E-state index contributed by atoms with van der Waals surface area (Å²) >= 11 is 0. The number of rotatable bonds is 44. The Kier molecular flexibility index (Phi) is 40.8. The van der Waals surface area contributed by atoms with Gasteiger partial charge in [-0.25, -0.2) is 4.18 Å². The van der Waals surface area contributed by atoms with Gasteiger partial charge in [0.05, 0.1) is 19.8 Å². The molecule has 1 rings (SSSR count). The van der Waals surface area contributed by atoms with Gasteiger partial charge in [0.1, 0.15) is 30.5 Å². The highest BCUT2D eigenvalue weighted by Gasteiger charge is 2.48. The third kappa shape index (κ3) is 36.6. The minimum atomic E-state index is -5.07. The summed E-state index contributed by atoms with van der Waals surface area (Å²) in [6.07, 6.45) is 47.8. The van der Waals surface area contributed by atoms with E-state index < -0.39 is 59.8 Å². The second kappa shape index (κ2) is 43.8. The lowest BCUT2D eigenvalue weighted by molar-refractivity contribution is -0.301. The molecule has 0 aliphatic carbocycles. The van der Waals surface area contributed by atoms with Crippen LogP contribution in [0.4, 0.5) is 0 Å². The summed E-state index contributed by atoms with van der Waals surface area (Å²) < 4.78 is 59.2. The van der Waals surface area contributed by atoms with Crippen molar-refractivity contribution in [3.63, 3.8) is 0 Å². The highest BCUT2D eigenvalue weighted by molar-refractivity contribution is 7.80. The van der Waals surface area contributed by atoms with Crippen molar-refractivity contribution >= 4 is 16.4 Å². The minimum Gasteiger partial charge on any atom is -0.457 e. The van der Waals surface area contributed by atoms with Gasteiger partial charge in [0.2, 0.25) is 0 Å². The Morgan fingerprint density at radius 2 is 1.05 bits per heavy atom. The Labute approximate surface area is 401 Å². The van der Waals surface area contributed by atoms with Crippen LogP contribution >= 0.6 is 0 Å². The maximum atomic E-state index is 12.9. The lowest BCUT2D eigenvalue weighted by Crippen LogP contribution is -2.60. The van der Waals surface area contributed by atoms with Crippen LogP contribution in [0.25, 0.3) is 0 Å². The third-order valence-electron chi connectivity index (χ3n) is 11.3. The van der Waals surface area contributed by atoms with Crippen LogP contribution in [0.3, 0.4) is 0 Å². The molecule has 12 nitrogen and oxygen atoms in total. The first-order chi connectivity index (χ1) is 32.1. The van der Waals surface area contributed by atoms with E-state index >= 15 is 0 Å². The molecular formula is C53H92O12S. The number of aliphatic hydroxyl groups excluding tert-OH is 3. The molecule has 0 saturated carbocycles. The van der Waals surface area contributed by atoms with E-state index in [0.29, 0.717) is 13.0 Å². The number of hydrogen-bond donors (Lipinski definition) is 4. The molecule has 0 aromatic carbocycles. The van der Waals surface area contributed by atoms with Crippen LogP contribution in [0, 0.1) is 0 Å². The standard InChI is InChI=1S/C53H92O12S/c1-3-5-7-9-11-13-15-17-19-21-23-24-25-26-28-30-32-34-36-38-40-42-49(55)63-47(46-62-53-51(57)52(65-66(58,59)60)50(56)48(44-54)64-53)45-61-43-41-39-37-35-33-31-29-27-22-20-18-16-14-12-10-8-6-4-2/h5,7,11,13,17-20,23-24,26,28,47-48,50-54,56-57H,3-4,6,8-10,12,14-16,21-22,25,27,29-46H2,1-2H3,(H,58,59,60)/b7-5-,13-11-,19-17-,20-18-,24-23-,28-26-. The summed E-state index contributed by atoms with van der Waals surface area (Å²) in [4.78, 5) is 12.9. The normalized spacial score (nSPS) is 20.1. The molecule has 1 heterocycles. The molecule has 0 aromatic rings. The molecule has 0 spiro atoms. The Hall–Kier alpha value is -2.46. The van der Waals surface area contributed by atoms with E-state index in [1.807, 2.05) is 0 Å². The van der Waals surface area contributed by atoms with Crippen molar-refractivity contribution in [2.24, 2.45) is 0 Å². The van der Waals surface area contributed by atoms with Gasteiger partial charge in [-0.05, 0) is 83.5 Å². The lowest BCUT2D eigenvalue weighted by Gasteiger charge is -2.41. The number of carbonyl (C=O) groups excluding carboxylic acids is 1. The van der Waals surface area contributed by atoms with Crippen molar-refractivity contribution in [1.29, 1.82) is 0 Å². The maximum Gasteiger partial charge on any atom is 0.397 e. The molecule has 0 radical (unpaired) electrons. The van der Waals surface area contributed by atoms with Gasteiger partial charge in [0, 0.05) is 13.0 Å². The highest BCUT2D eigenvalue weighted by Crippen LogP contribution is 2.26. The number of allylic oxidation sites excluding steroid dienone is 12. The summed E-state index contributed by atoms with van der Waals surface area (Å²) in [5, 5.41) is 30.8. The van der Waals surface area contributed by atoms with Crippen molar-refractivity contribution in [2.75, 3.05) is 26.4 Å². The van der Waals surface area contributed by atoms with Crippen LogP contribution < -0.4 is 0 Å². The van der Waals surface area contributed by atoms with Crippen LogP contribution in [0.5, 0.6) is 0 Å². The van der Waals surface area contributed by atoms with Gasteiger partial charge in [-0.2, -0.15) is 8.42 Å². The van der Waals surface area contributed by atoms with Gasteiger partial charge in [-0.15, -0.1) is 0 Å². The molecular weight excluding hydrogens is 861 g/mol. The minimum absolute atomic E-state index is 0.0226. The quantitative estimate of drug-likeness (QED) is 0.0197. The average Bonchev–Trinajstić information content (AvgIpc) is 3.29. The molecule has 4 N–H and O–H groups in total.